The first-order valence-corrected chi connectivity index (χ1v) is 9.01. The van der Waals surface area contributed by atoms with Crippen molar-refractivity contribution in [3.8, 4) is 0 Å². The Labute approximate surface area is 141 Å². The van der Waals surface area contributed by atoms with E-state index in [1.165, 1.54) is 12.1 Å². The van der Waals surface area contributed by atoms with E-state index in [9.17, 15) is 18.0 Å². The lowest BCUT2D eigenvalue weighted by Crippen LogP contribution is -2.30. The molecule has 0 atom stereocenters. The van der Waals surface area contributed by atoms with Gasteiger partial charge in [-0.2, -0.15) is 0 Å². The Bertz CT molecular complexity index is 708. The predicted molar refractivity (Wildman–Crippen MR) is 89.5 cm³/mol. The van der Waals surface area contributed by atoms with Crippen molar-refractivity contribution < 1.29 is 22.7 Å². The molecule has 0 bridgehead atoms. The summed E-state index contributed by atoms with van der Waals surface area (Å²) in [4.78, 5) is 23.2. The molecule has 3 N–H and O–H groups in total. The maximum Gasteiger partial charge on any atom is 0.333 e. The molecule has 24 heavy (non-hydrogen) atoms. The minimum Gasteiger partial charge on any atom is -0.452 e. The molecule has 0 radical (unpaired) electrons. The molecule has 132 valence electrons. The monoisotopic (exact) mass is 354 g/mol. The maximum atomic E-state index is 11.6. The van der Waals surface area contributed by atoms with Gasteiger partial charge in [-0.1, -0.05) is 25.1 Å². The molecule has 0 aliphatic carbocycles. The van der Waals surface area contributed by atoms with Gasteiger partial charge in [0.05, 0.1) is 4.90 Å². The van der Waals surface area contributed by atoms with Crippen LogP contribution in [-0.4, -0.2) is 33.4 Å². The van der Waals surface area contributed by atoms with E-state index in [2.05, 4.69) is 5.32 Å². The van der Waals surface area contributed by atoms with E-state index in [1.807, 2.05) is 6.92 Å². The first-order valence-electron chi connectivity index (χ1n) is 7.46. The van der Waals surface area contributed by atoms with Crippen LogP contribution in [0.25, 0.3) is 0 Å². The highest BCUT2D eigenvalue weighted by Crippen LogP contribution is 2.08. The number of hydrogen-bond acceptors (Lipinski definition) is 5. The van der Waals surface area contributed by atoms with Crippen LogP contribution in [0.2, 0.25) is 0 Å². The molecular weight excluding hydrogens is 332 g/mol. The molecule has 0 aromatic heterocycles. The van der Waals surface area contributed by atoms with E-state index < -0.39 is 21.9 Å². The fourth-order valence-corrected chi connectivity index (χ4v) is 2.39. The molecule has 0 aliphatic rings. The summed E-state index contributed by atoms with van der Waals surface area (Å²) in [6.07, 6.45) is 2.96. The van der Waals surface area contributed by atoms with Gasteiger partial charge in [-0.3, -0.25) is 4.79 Å². The number of amides is 1. The molecule has 1 aromatic rings. The van der Waals surface area contributed by atoms with Crippen molar-refractivity contribution in [2.45, 2.75) is 31.6 Å². The Morgan fingerprint density at radius 3 is 2.42 bits per heavy atom. The van der Waals surface area contributed by atoms with E-state index >= 15 is 0 Å². The maximum absolute atomic E-state index is 11.6. The molecule has 1 rings (SSSR count). The van der Waals surface area contributed by atoms with Gasteiger partial charge in [0, 0.05) is 12.1 Å². The van der Waals surface area contributed by atoms with E-state index in [-0.39, 0.29) is 11.5 Å². The summed E-state index contributed by atoms with van der Waals surface area (Å²) in [6, 6.07) is 6.09. The third-order valence-electron chi connectivity index (χ3n) is 3.15. The number of esters is 1. The highest BCUT2D eigenvalue weighted by atomic mass is 32.2. The summed E-state index contributed by atoms with van der Waals surface area (Å²) in [5, 5.41) is 7.64. The third-order valence-corrected chi connectivity index (χ3v) is 4.08. The topological polar surface area (TPSA) is 116 Å². The van der Waals surface area contributed by atoms with Gasteiger partial charge in [-0.25, -0.2) is 18.4 Å². The summed E-state index contributed by atoms with van der Waals surface area (Å²) >= 11 is 0. The summed E-state index contributed by atoms with van der Waals surface area (Å²) < 4.78 is 27.2. The summed E-state index contributed by atoms with van der Waals surface area (Å²) in [6.45, 7) is 3.54. The second-order valence-corrected chi connectivity index (χ2v) is 6.72. The average molecular weight is 354 g/mol. The molecule has 8 heteroatoms. The quantitative estimate of drug-likeness (QED) is 0.531. The fourth-order valence-electron chi connectivity index (χ4n) is 1.88. The Morgan fingerprint density at radius 1 is 1.25 bits per heavy atom. The SMILES string of the molecule is CC/C=C(/C)C(=O)OCC(=O)NCCc1ccc(S(N)(=O)=O)cc1. The highest BCUT2D eigenvalue weighted by molar-refractivity contribution is 7.89. The number of nitrogens with one attached hydrogen (secondary N) is 1. The number of nitrogens with two attached hydrogens (primary N) is 1. The zero-order valence-corrected chi connectivity index (χ0v) is 14.6. The van der Waals surface area contributed by atoms with Gasteiger partial charge in [-0.05, 0) is 37.5 Å². The largest absolute Gasteiger partial charge is 0.452 e. The second kappa shape index (κ2) is 9.19. The molecule has 0 heterocycles. The molecule has 0 aliphatic heterocycles. The van der Waals surface area contributed by atoms with Crippen LogP contribution in [0.3, 0.4) is 0 Å². The minimum atomic E-state index is -3.70. The zero-order valence-electron chi connectivity index (χ0n) is 13.7. The van der Waals surface area contributed by atoms with E-state index in [1.54, 1.807) is 25.1 Å². The number of ether oxygens (including phenoxy) is 1. The predicted octanol–water partition coefficient (Wildman–Crippen LogP) is 0.892. The van der Waals surface area contributed by atoms with Crippen LogP contribution in [-0.2, 0) is 30.8 Å². The van der Waals surface area contributed by atoms with Crippen LogP contribution in [0.5, 0.6) is 0 Å². The standard InChI is InChI=1S/C16H22N2O5S/c1-3-4-12(2)16(20)23-11-15(19)18-10-9-13-5-7-14(8-6-13)24(17,21)22/h4-8H,3,9-11H2,1-2H3,(H,18,19)(H2,17,21,22)/b12-4-. The normalized spacial score (nSPS) is 11.9. The molecule has 0 saturated heterocycles. The van der Waals surface area contributed by atoms with Crippen LogP contribution in [0.4, 0.5) is 0 Å². The van der Waals surface area contributed by atoms with Gasteiger partial charge in [-0.15, -0.1) is 0 Å². The number of primary sulfonamides is 1. The number of carbonyl (C=O) groups excluding carboxylic acids is 2. The van der Waals surface area contributed by atoms with E-state index in [0.717, 1.165) is 12.0 Å². The third kappa shape index (κ3) is 6.93. The number of allylic oxidation sites excluding steroid dienone is 1. The van der Waals surface area contributed by atoms with Gasteiger partial charge in [0.15, 0.2) is 6.61 Å². The van der Waals surface area contributed by atoms with Gasteiger partial charge in [0.1, 0.15) is 0 Å². The lowest BCUT2D eigenvalue weighted by molar-refractivity contribution is -0.144. The minimum absolute atomic E-state index is 0.0395. The number of rotatable bonds is 8. The molecule has 1 amide bonds. The molecule has 1 aromatic carbocycles. The smallest absolute Gasteiger partial charge is 0.333 e. The lowest BCUT2D eigenvalue weighted by atomic mass is 10.1. The number of benzene rings is 1. The van der Waals surface area contributed by atoms with Gasteiger partial charge < -0.3 is 10.1 Å². The van der Waals surface area contributed by atoms with Crippen LogP contribution in [0.1, 0.15) is 25.8 Å². The molecule has 7 nitrogen and oxygen atoms in total. The Balaban J connectivity index is 2.36. The molecule has 0 saturated carbocycles. The summed E-state index contributed by atoms with van der Waals surface area (Å²) in [7, 11) is -3.70. The first-order chi connectivity index (χ1) is 11.2. The average Bonchev–Trinajstić information content (AvgIpc) is 2.52. The summed E-state index contributed by atoms with van der Waals surface area (Å²) in [5.41, 5.74) is 1.32. The second-order valence-electron chi connectivity index (χ2n) is 5.16. The van der Waals surface area contributed by atoms with Gasteiger partial charge in [0.25, 0.3) is 5.91 Å². The van der Waals surface area contributed by atoms with Crippen molar-refractivity contribution in [2.75, 3.05) is 13.2 Å². The van der Waals surface area contributed by atoms with Crippen LogP contribution < -0.4 is 10.5 Å². The van der Waals surface area contributed by atoms with E-state index in [0.29, 0.717) is 18.5 Å². The van der Waals surface area contributed by atoms with Gasteiger partial charge >= 0.3 is 5.97 Å². The van der Waals surface area contributed by atoms with Crippen molar-refractivity contribution in [1.82, 2.24) is 5.32 Å². The van der Waals surface area contributed by atoms with E-state index in [4.69, 9.17) is 9.88 Å². The highest BCUT2D eigenvalue weighted by Gasteiger charge is 2.09. The van der Waals surface area contributed by atoms with Crippen LogP contribution in [0.15, 0.2) is 40.8 Å². The first kappa shape index (κ1) is 19.9. The van der Waals surface area contributed by atoms with Crippen molar-refractivity contribution in [2.24, 2.45) is 5.14 Å². The molecular formula is C16H22N2O5S. The van der Waals surface area contributed by atoms with Gasteiger partial charge in [0.2, 0.25) is 10.0 Å². The fraction of sp³-hybridized carbons (Fsp3) is 0.375. The van der Waals surface area contributed by atoms with Crippen molar-refractivity contribution in [1.29, 1.82) is 0 Å². The van der Waals surface area contributed by atoms with Crippen LogP contribution in [0, 0.1) is 0 Å². The Kier molecular flexibility index (Phi) is 7.60. The molecule has 0 spiro atoms. The molecule has 0 fully saturated rings. The van der Waals surface area contributed by atoms with Crippen LogP contribution >= 0.6 is 0 Å². The summed E-state index contributed by atoms with van der Waals surface area (Å²) in [5.74, 6) is -0.903. The molecule has 0 unspecified atom stereocenters. The lowest BCUT2D eigenvalue weighted by Gasteiger charge is -2.07. The zero-order chi connectivity index (χ0) is 18.2. The Hall–Kier alpha value is -2.19. The van der Waals surface area contributed by atoms with Crippen molar-refractivity contribution in [3.05, 3.63) is 41.5 Å². The Morgan fingerprint density at radius 2 is 1.88 bits per heavy atom. The number of sulfonamides is 1. The number of carbonyl (C=O) groups is 2. The number of hydrogen-bond donors (Lipinski definition) is 2. The van der Waals surface area contributed by atoms with Crippen molar-refractivity contribution >= 4 is 21.9 Å². The van der Waals surface area contributed by atoms with Crippen molar-refractivity contribution in [3.63, 3.8) is 0 Å².